The van der Waals surface area contributed by atoms with Crippen molar-refractivity contribution in [3.63, 3.8) is 0 Å². The van der Waals surface area contributed by atoms with Crippen LogP contribution in [0.4, 0.5) is 0 Å². The maximum Gasteiger partial charge on any atom is 0.272 e. The van der Waals surface area contributed by atoms with Gasteiger partial charge >= 0.3 is 0 Å². The van der Waals surface area contributed by atoms with Crippen molar-refractivity contribution in [1.82, 2.24) is 29.5 Å². The number of nitrogens with zero attached hydrogens (tertiary/aromatic N) is 6. The van der Waals surface area contributed by atoms with Crippen molar-refractivity contribution < 1.29 is 0 Å². The maximum atomic E-state index is 4.78. The van der Waals surface area contributed by atoms with Crippen molar-refractivity contribution in [2.24, 2.45) is 7.05 Å². The molecule has 0 atom stereocenters. The van der Waals surface area contributed by atoms with E-state index in [1.807, 2.05) is 23.9 Å². The normalized spacial score (nSPS) is 11.7. The zero-order valence-corrected chi connectivity index (χ0v) is 15.8. The van der Waals surface area contributed by atoms with E-state index < -0.39 is 0 Å². The van der Waals surface area contributed by atoms with Crippen molar-refractivity contribution in [2.75, 3.05) is 0 Å². The topological polar surface area (TPSA) is 61.4 Å². The van der Waals surface area contributed by atoms with E-state index in [1.165, 1.54) is 24.8 Å². The van der Waals surface area contributed by atoms with Crippen LogP contribution in [0.25, 0.3) is 28.0 Å². The van der Waals surface area contributed by atoms with Crippen LogP contribution in [0.1, 0.15) is 43.1 Å². The minimum absolute atomic E-state index is 0.533. The molecule has 0 radical (unpaired) electrons. The summed E-state index contributed by atoms with van der Waals surface area (Å²) < 4.78 is 3.90. The van der Waals surface area contributed by atoms with E-state index in [0.29, 0.717) is 5.95 Å². The minimum atomic E-state index is 0.533. The van der Waals surface area contributed by atoms with Crippen LogP contribution in [0.15, 0.2) is 24.3 Å². The molecule has 0 aliphatic rings. The van der Waals surface area contributed by atoms with Crippen molar-refractivity contribution in [2.45, 2.75) is 46.5 Å². The second kappa shape index (κ2) is 6.52. The van der Waals surface area contributed by atoms with Crippen LogP contribution in [-0.4, -0.2) is 29.5 Å². The Bertz CT molecular complexity index is 1090. The SMILES string of the molecule is CCCCCc1c(C)nn(-c2nnc3c4ccccc4n(C)c3n2)c1C. The number of unbranched alkanes of at least 4 members (excludes halogenated alkanes) is 2. The molecule has 6 nitrogen and oxygen atoms in total. The molecule has 4 rings (SSSR count). The number of benzene rings is 1. The van der Waals surface area contributed by atoms with Gasteiger partial charge in [0.1, 0.15) is 5.52 Å². The number of aromatic nitrogens is 6. The number of hydrogen-bond acceptors (Lipinski definition) is 4. The van der Waals surface area contributed by atoms with E-state index in [4.69, 9.17) is 10.1 Å². The van der Waals surface area contributed by atoms with Gasteiger partial charge in [-0.2, -0.15) is 10.1 Å². The predicted molar refractivity (Wildman–Crippen MR) is 104 cm³/mol. The van der Waals surface area contributed by atoms with Gasteiger partial charge in [0.2, 0.25) is 0 Å². The number of rotatable bonds is 5. The van der Waals surface area contributed by atoms with Crippen molar-refractivity contribution in [3.05, 3.63) is 41.2 Å². The highest BCUT2D eigenvalue weighted by Gasteiger charge is 2.17. The first-order chi connectivity index (χ1) is 12.6. The van der Waals surface area contributed by atoms with Crippen LogP contribution in [0.2, 0.25) is 0 Å². The molecule has 0 bridgehead atoms. The Balaban J connectivity index is 1.81. The first kappa shape index (κ1) is 16.7. The summed E-state index contributed by atoms with van der Waals surface area (Å²) in [6, 6.07) is 8.18. The molecule has 3 heterocycles. The zero-order chi connectivity index (χ0) is 18.3. The van der Waals surface area contributed by atoms with Crippen LogP contribution in [0.5, 0.6) is 0 Å². The van der Waals surface area contributed by atoms with Gasteiger partial charge in [-0.1, -0.05) is 38.0 Å². The van der Waals surface area contributed by atoms with E-state index in [9.17, 15) is 0 Å². The van der Waals surface area contributed by atoms with E-state index in [-0.39, 0.29) is 0 Å². The second-order valence-corrected chi connectivity index (χ2v) is 6.88. The van der Waals surface area contributed by atoms with Gasteiger partial charge in [-0.05, 0) is 38.3 Å². The molecule has 0 N–H and O–H groups in total. The Kier molecular flexibility index (Phi) is 4.18. The molecule has 26 heavy (non-hydrogen) atoms. The molecule has 0 saturated carbocycles. The Morgan fingerprint density at radius 3 is 2.65 bits per heavy atom. The molecule has 0 amide bonds. The molecule has 0 saturated heterocycles. The summed E-state index contributed by atoms with van der Waals surface area (Å²) in [5, 5.41) is 14.6. The zero-order valence-electron chi connectivity index (χ0n) is 15.8. The first-order valence-corrected chi connectivity index (χ1v) is 9.25. The first-order valence-electron chi connectivity index (χ1n) is 9.25. The quantitative estimate of drug-likeness (QED) is 0.510. The van der Waals surface area contributed by atoms with Gasteiger partial charge in [-0.3, -0.25) is 0 Å². The summed E-state index contributed by atoms with van der Waals surface area (Å²) in [4.78, 5) is 4.78. The molecule has 0 unspecified atom stereocenters. The van der Waals surface area contributed by atoms with Crippen molar-refractivity contribution in [3.8, 4) is 5.95 Å². The number of aryl methyl sites for hydroxylation is 2. The largest absolute Gasteiger partial charge is 0.327 e. The highest BCUT2D eigenvalue weighted by Crippen LogP contribution is 2.25. The lowest BCUT2D eigenvalue weighted by molar-refractivity contribution is 0.711. The van der Waals surface area contributed by atoms with Gasteiger partial charge in [0.25, 0.3) is 5.95 Å². The van der Waals surface area contributed by atoms with Gasteiger partial charge in [-0.15, -0.1) is 10.2 Å². The Hall–Kier alpha value is -2.76. The van der Waals surface area contributed by atoms with Gasteiger partial charge in [0.05, 0.1) is 11.2 Å². The maximum absolute atomic E-state index is 4.78. The lowest BCUT2D eigenvalue weighted by Crippen LogP contribution is -2.07. The molecule has 1 aromatic carbocycles. The Labute approximate surface area is 152 Å². The average Bonchev–Trinajstić information content (AvgIpc) is 3.11. The lowest BCUT2D eigenvalue weighted by atomic mass is 10.1. The van der Waals surface area contributed by atoms with E-state index in [0.717, 1.165) is 39.9 Å². The van der Waals surface area contributed by atoms with Crippen LogP contribution in [0, 0.1) is 13.8 Å². The fourth-order valence-electron chi connectivity index (χ4n) is 3.67. The minimum Gasteiger partial charge on any atom is -0.327 e. The summed E-state index contributed by atoms with van der Waals surface area (Å²) >= 11 is 0. The van der Waals surface area contributed by atoms with Gasteiger partial charge in [0, 0.05) is 18.1 Å². The smallest absolute Gasteiger partial charge is 0.272 e. The van der Waals surface area contributed by atoms with E-state index in [1.54, 1.807) is 0 Å². The highest BCUT2D eigenvalue weighted by atomic mass is 15.4. The summed E-state index contributed by atoms with van der Waals surface area (Å²) in [5.41, 5.74) is 6.24. The predicted octanol–water partition coefficient (Wildman–Crippen LogP) is 4.05. The molecular formula is C20H24N6. The molecule has 4 aromatic rings. The molecule has 0 aliphatic heterocycles. The van der Waals surface area contributed by atoms with Gasteiger partial charge in [0.15, 0.2) is 5.65 Å². The van der Waals surface area contributed by atoms with Crippen LogP contribution >= 0.6 is 0 Å². The lowest BCUT2D eigenvalue weighted by Gasteiger charge is -2.04. The van der Waals surface area contributed by atoms with Gasteiger partial charge < -0.3 is 4.57 Å². The van der Waals surface area contributed by atoms with Crippen molar-refractivity contribution in [1.29, 1.82) is 0 Å². The summed E-state index contributed by atoms with van der Waals surface area (Å²) in [6.45, 7) is 6.38. The third kappa shape index (κ3) is 2.57. The average molecular weight is 348 g/mol. The Morgan fingerprint density at radius 1 is 1.04 bits per heavy atom. The van der Waals surface area contributed by atoms with Crippen molar-refractivity contribution >= 4 is 22.1 Å². The van der Waals surface area contributed by atoms with E-state index in [2.05, 4.69) is 47.7 Å². The van der Waals surface area contributed by atoms with Gasteiger partial charge in [-0.25, -0.2) is 4.68 Å². The summed E-state index contributed by atoms with van der Waals surface area (Å²) in [7, 11) is 2.01. The number of para-hydroxylation sites is 1. The molecule has 6 heteroatoms. The Morgan fingerprint density at radius 2 is 1.85 bits per heavy atom. The molecule has 0 spiro atoms. The standard InChI is InChI=1S/C20H24N6/c1-5-6-7-10-15-13(2)24-26(14(15)3)20-21-19-18(22-23-20)16-11-8-9-12-17(16)25(19)4/h8-9,11-12H,5-7,10H2,1-4H3. The number of hydrogen-bond donors (Lipinski definition) is 0. The molecule has 134 valence electrons. The van der Waals surface area contributed by atoms with Crippen LogP contribution in [-0.2, 0) is 13.5 Å². The highest BCUT2D eigenvalue weighted by molar-refractivity contribution is 6.03. The second-order valence-electron chi connectivity index (χ2n) is 6.88. The molecule has 3 aromatic heterocycles. The third-order valence-electron chi connectivity index (χ3n) is 5.16. The molecular weight excluding hydrogens is 324 g/mol. The molecule has 0 fully saturated rings. The molecule has 0 aliphatic carbocycles. The number of fused-ring (bicyclic) bond motifs is 3. The fraction of sp³-hybridized carbons (Fsp3) is 0.400. The monoisotopic (exact) mass is 348 g/mol. The fourth-order valence-corrected chi connectivity index (χ4v) is 3.67. The third-order valence-corrected chi connectivity index (χ3v) is 5.16. The summed E-state index contributed by atoms with van der Waals surface area (Å²) in [6.07, 6.45) is 4.70. The van der Waals surface area contributed by atoms with E-state index >= 15 is 0 Å². The summed E-state index contributed by atoms with van der Waals surface area (Å²) in [5.74, 6) is 0.533. The van der Waals surface area contributed by atoms with Crippen LogP contribution < -0.4 is 0 Å². The van der Waals surface area contributed by atoms with Crippen LogP contribution in [0.3, 0.4) is 0 Å².